The zero-order chi connectivity index (χ0) is 37.4. The summed E-state index contributed by atoms with van der Waals surface area (Å²) in [5, 5.41) is 0. The maximum absolute atomic E-state index is 2.49. The van der Waals surface area contributed by atoms with Gasteiger partial charge in [0, 0.05) is 45.3 Å². The van der Waals surface area contributed by atoms with Crippen LogP contribution in [0.1, 0.15) is 92.5 Å². The quantitative estimate of drug-likeness (QED) is 0.147. The van der Waals surface area contributed by atoms with Crippen molar-refractivity contribution in [3.05, 3.63) is 204 Å². The van der Waals surface area contributed by atoms with Crippen molar-refractivity contribution in [2.24, 2.45) is 0 Å². The second-order valence-corrected chi connectivity index (χ2v) is 16.0. The van der Waals surface area contributed by atoms with E-state index in [1.165, 1.54) is 88.1 Å². The summed E-state index contributed by atoms with van der Waals surface area (Å²) in [4.78, 5) is 4.81. The fourth-order valence-corrected chi connectivity index (χ4v) is 9.30. The normalized spacial score (nSPS) is 15.2. The highest BCUT2D eigenvalue weighted by molar-refractivity contribution is 5.95. The number of anilines is 6. The first-order valence-electron chi connectivity index (χ1n) is 20.2. The molecule has 2 nitrogen and oxygen atoms in total. The van der Waals surface area contributed by atoms with Gasteiger partial charge in [-0.05, 0) is 119 Å². The summed E-state index contributed by atoms with van der Waals surface area (Å²) >= 11 is 0. The van der Waals surface area contributed by atoms with Crippen LogP contribution in [-0.4, -0.2) is 0 Å². The molecular formula is C53H50N2. The van der Waals surface area contributed by atoms with Crippen molar-refractivity contribution in [1.29, 1.82) is 0 Å². The molecule has 2 aliphatic carbocycles. The molecule has 1 fully saturated rings. The maximum Gasteiger partial charge on any atom is 0.0543 e. The average Bonchev–Trinajstić information content (AvgIpc) is 3.49. The summed E-state index contributed by atoms with van der Waals surface area (Å²) in [5.41, 5.74) is 16.6. The molecule has 0 bridgehead atoms. The van der Waals surface area contributed by atoms with Crippen molar-refractivity contribution < 1.29 is 0 Å². The van der Waals surface area contributed by atoms with Gasteiger partial charge < -0.3 is 9.80 Å². The van der Waals surface area contributed by atoms with Crippen LogP contribution in [0.4, 0.5) is 34.1 Å². The summed E-state index contributed by atoms with van der Waals surface area (Å²) in [6, 6.07) is 65.1. The third-order valence-electron chi connectivity index (χ3n) is 12.4. The van der Waals surface area contributed by atoms with E-state index in [0.717, 1.165) is 17.1 Å². The van der Waals surface area contributed by atoms with Gasteiger partial charge in [0.25, 0.3) is 0 Å². The second-order valence-electron chi connectivity index (χ2n) is 16.0. The predicted molar refractivity (Wildman–Crippen MR) is 233 cm³/mol. The number of rotatable bonds is 9. The van der Waals surface area contributed by atoms with Gasteiger partial charge in [0.1, 0.15) is 0 Å². The zero-order valence-corrected chi connectivity index (χ0v) is 32.3. The summed E-state index contributed by atoms with van der Waals surface area (Å²) < 4.78 is 0. The third-order valence-corrected chi connectivity index (χ3v) is 12.4. The monoisotopic (exact) mass is 714 g/mol. The molecule has 2 heteroatoms. The van der Waals surface area contributed by atoms with E-state index in [9.17, 15) is 0 Å². The Hall–Kier alpha value is -5.86. The Balaban J connectivity index is 1.06. The van der Waals surface area contributed by atoms with Gasteiger partial charge in [0.15, 0.2) is 0 Å². The van der Waals surface area contributed by atoms with Crippen LogP contribution in [0.15, 0.2) is 176 Å². The molecule has 1 unspecified atom stereocenters. The molecule has 0 saturated heterocycles. The summed E-state index contributed by atoms with van der Waals surface area (Å²) in [5.74, 6) is 0.918. The number of hydrogen-bond acceptors (Lipinski definition) is 2. The van der Waals surface area contributed by atoms with Gasteiger partial charge in [0.2, 0.25) is 0 Å². The van der Waals surface area contributed by atoms with Gasteiger partial charge in [0.05, 0.1) is 5.69 Å². The average molecular weight is 715 g/mol. The SMILES string of the molecule is CC(c1ccc(N(c2ccccc2)c2ccccc2)cc1)c1ccc(N(c2ccc(C3CCCCC3)cc2)c2cccc3c2-c2ccccc2C3(C)C)cc1. The van der Waals surface area contributed by atoms with Gasteiger partial charge in [-0.1, -0.05) is 149 Å². The fourth-order valence-electron chi connectivity index (χ4n) is 9.30. The molecule has 2 aliphatic rings. The molecule has 7 aromatic carbocycles. The Morgan fingerprint density at radius 2 is 0.927 bits per heavy atom. The molecular weight excluding hydrogens is 665 g/mol. The highest BCUT2D eigenvalue weighted by Gasteiger charge is 2.37. The smallest absolute Gasteiger partial charge is 0.0543 e. The molecule has 0 heterocycles. The molecule has 0 spiro atoms. The Kier molecular flexibility index (Phi) is 9.36. The van der Waals surface area contributed by atoms with Crippen LogP contribution >= 0.6 is 0 Å². The van der Waals surface area contributed by atoms with Gasteiger partial charge >= 0.3 is 0 Å². The molecule has 0 aromatic heterocycles. The lowest BCUT2D eigenvalue weighted by Crippen LogP contribution is -2.16. The first-order chi connectivity index (χ1) is 27.0. The van der Waals surface area contributed by atoms with Crippen LogP contribution in [0.5, 0.6) is 0 Å². The van der Waals surface area contributed by atoms with Gasteiger partial charge in [-0.15, -0.1) is 0 Å². The van der Waals surface area contributed by atoms with E-state index < -0.39 is 0 Å². The Bertz CT molecular complexity index is 2330. The number of nitrogens with zero attached hydrogens (tertiary/aromatic N) is 2. The molecule has 55 heavy (non-hydrogen) atoms. The summed E-state index contributed by atoms with van der Waals surface area (Å²) in [6.45, 7) is 7.06. The Labute approximate surface area is 327 Å². The van der Waals surface area contributed by atoms with Gasteiger partial charge in [-0.2, -0.15) is 0 Å². The molecule has 0 N–H and O–H groups in total. The minimum absolute atomic E-state index is 0.0630. The maximum atomic E-state index is 2.49. The van der Waals surface area contributed by atoms with Crippen LogP contribution in [0, 0.1) is 0 Å². The minimum Gasteiger partial charge on any atom is -0.311 e. The largest absolute Gasteiger partial charge is 0.311 e. The third kappa shape index (κ3) is 6.54. The molecule has 1 saturated carbocycles. The van der Waals surface area contributed by atoms with Crippen LogP contribution in [0.25, 0.3) is 11.1 Å². The first-order valence-corrected chi connectivity index (χ1v) is 20.2. The van der Waals surface area contributed by atoms with E-state index in [-0.39, 0.29) is 11.3 Å². The Morgan fingerprint density at radius 1 is 0.455 bits per heavy atom. The zero-order valence-electron chi connectivity index (χ0n) is 32.3. The highest BCUT2D eigenvalue weighted by Crippen LogP contribution is 2.54. The summed E-state index contributed by atoms with van der Waals surface area (Å²) in [6.07, 6.45) is 6.68. The van der Waals surface area contributed by atoms with Crippen LogP contribution in [0.3, 0.4) is 0 Å². The highest BCUT2D eigenvalue weighted by atomic mass is 15.1. The molecule has 0 radical (unpaired) electrons. The lowest BCUT2D eigenvalue weighted by molar-refractivity contribution is 0.443. The lowest BCUT2D eigenvalue weighted by atomic mass is 9.82. The Morgan fingerprint density at radius 3 is 1.51 bits per heavy atom. The van der Waals surface area contributed by atoms with Crippen LogP contribution < -0.4 is 9.80 Å². The van der Waals surface area contributed by atoms with E-state index >= 15 is 0 Å². The van der Waals surface area contributed by atoms with Gasteiger partial charge in [-0.25, -0.2) is 0 Å². The van der Waals surface area contributed by atoms with Crippen molar-refractivity contribution in [3.8, 4) is 11.1 Å². The standard InChI is InChI=1S/C53H50N2/c1-38(39-26-32-45(33-27-39)54(43-18-9-5-10-19-43)44-20-11-6-12-21-44)40-28-34-46(35-29-40)55(47-36-30-42(31-37-47)41-16-7-4-8-17-41)51-25-15-24-50-52(51)48-22-13-14-23-49(48)53(50,2)3/h5-6,9-15,18-38,41H,4,7-8,16-17H2,1-3H3. The van der Waals surface area contributed by atoms with Crippen molar-refractivity contribution >= 4 is 34.1 Å². The molecule has 1 atom stereocenters. The number of fused-ring (bicyclic) bond motifs is 3. The van der Waals surface area contributed by atoms with E-state index in [2.05, 4.69) is 206 Å². The lowest BCUT2D eigenvalue weighted by Gasteiger charge is -2.30. The topological polar surface area (TPSA) is 6.48 Å². The molecule has 272 valence electrons. The van der Waals surface area contributed by atoms with Crippen molar-refractivity contribution in [3.63, 3.8) is 0 Å². The predicted octanol–water partition coefficient (Wildman–Crippen LogP) is 15.1. The summed E-state index contributed by atoms with van der Waals surface area (Å²) in [7, 11) is 0. The van der Waals surface area contributed by atoms with Crippen molar-refractivity contribution in [2.75, 3.05) is 9.80 Å². The number of hydrogen-bond donors (Lipinski definition) is 0. The number of benzene rings is 7. The van der Waals surface area contributed by atoms with E-state index in [1.54, 1.807) is 0 Å². The van der Waals surface area contributed by atoms with Crippen LogP contribution in [0.2, 0.25) is 0 Å². The number of para-hydroxylation sites is 2. The van der Waals surface area contributed by atoms with E-state index in [1.807, 2.05) is 0 Å². The molecule has 9 rings (SSSR count). The van der Waals surface area contributed by atoms with E-state index in [4.69, 9.17) is 0 Å². The van der Waals surface area contributed by atoms with Crippen molar-refractivity contribution in [2.45, 2.75) is 70.1 Å². The molecule has 0 amide bonds. The molecule has 0 aliphatic heterocycles. The minimum atomic E-state index is -0.0630. The van der Waals surface area contributed by atoms with Gasteiger partial charge in [-0.3, -0.25) is 0 Å². The second kappa shape index (κ2) is 14.8. The van der Waals surface area contributed by atoms with Crippen molar-refractivity contribution in [1.82, 2.24) is 0 Å². The van der Waals surface area contributed by atoms with E-state index in [0.29, 0.717) is 5.92 Å². The first kappa shape index (κ1) is 34.9. The molecule has 7 aromatic rings. The van der Waals surface area contributed by atoms with Crippen LogP contribution in [-0.2, 0) is 5.41 Å². The fraction of sp³-hybridized carbons (Fsp3) is 0.208.